The lowest BCUT2D eigenvalue weighted by molar-refractivity contribution is -0.119. The smallest absolute Gasteiger partial charge is 0.420 e. The number of amides is 2. The molecule has 1 heterocycles. The molecular weight excluding hydrogens is 666 g/mol. The molecular formula is C34H41ClF2N4O6S. The normalized spacial score (nSPS) is 18.4. The standard InChI is InChI=1S/C34H41ClF2N4O6S/c1-21(2)47-20-27-19-39-18-26(41(27)48(4,44)45)14-15-28-29(37)12-7-13-30(28)40(34(43)46-3)33(42)32(38)31(22-8-5-10-24(35)16-22)23-9-6-11-25(36)17-23/h5-13,16-17,21,26-27,31-32,39H,14-15,18-20,38H2,1-4H3/t26-,27?,31-,32-/m0/s1. The van der Waals surface area contributed by atoms with Gasteiger partial charge in [0.1, 0.15) is 11.6 Å². The molecule has 4 rings (SSSR count). The van der Waals surface area contributed by atoms with Crippen LogP contribution in [0.4, 0.5) is 19.3 Å². The van der Waals surface area contributed by atoms with Crippen LogP contribution in [0.5, 0.6) is 0 Å². The summed E-state index contributed by atoms with van der Waals surface area (Å²) in [5.74, 6) is -3.17. The summed E-state index contributed by atoms with van der Waals surface area (Å²) in [6.45, 7) is 4.56. The molecule has 260 valence electrons. The lowest BCUT2D eigenvalue weighted by atomic mass is 9.84. The van der Waals surface area contributed by atoms with Crippen LogP contribution in [0.2, 0.25) is 5.02 Å². The molecule has 0 radical (unpaired) electrons. The van der Waals surface area contributed by atoms with Gasteiger partial charge in [-0.1, -0.05) is 41.9 Å². The van der Waals surface area contributed by atoms with Crippen molar-refractivity contribution >= 4 is 39.3 Å². The molecule has 1 saturated heterocycles. The number of anilines is 1. The zero-order valence-corrected chi connectivity index (χ0v) is 28.8. The number of methoxy groups -OCH3 is 1. The Labute approximate surface area is 285 Å². The molecule has 14 heteroatoms. The first kappa shape index (κ1) is 37.4. The maximum atomic E-state index is 15.6. The van der Waals surface area contributed by atoms with Gasteiger partial charge in [-0.25, -0.2) is 26.9 Å². The third-order valence-electron chi connectivity index (χ3n) is 8.18. The van der Waals surface area contributed by atoms with Crippen molar-refractivity contribution in [1.29, 1.82) is 0 Å². The largest absolute Gasteiger partial charge is 0.452 e. The summed E-state index contributed by atoms with van der Waals surface area (Å²) < 4.78 is 68.0. The van der Waals surface area contributed by atoms with E-state index in [0.29, 0.717) is 34.1 Å². The van der Waals surface area contributed by atoms with Gasteiger partial charge in [0, 0.05) is 35.6 Å². The van der Waals surface area contributed by atoms with Crippen molar-refractivity contribution in [1.82, 2.24) is 9.62 Å². The van der Waals surface area contributed by atoms with Gasteiger partial charge >= 0.3 is 6.09 Å². The second-order valence-corrected chi connectivity index (χ2v) is 14.3. The molecule has 0 bridgehead atoms. The van der Waals surface area contributed by atoms with E-state index in [1.54, 1.807) is 30.3 Å². The van der Waals surface area contributed by atoms with E-state index >= 15 is 4.39 Å². The van der Waals surface area contributed by atoms with Crippen LogP contribution >= 0.6 is 11.6 Å². The Morgan fingerprint density at radius 2 is 1.69 bits per heavy atom. The molecule has 3 aromatic rings. The maximum Gasteiger partial charge on any atom is 0.420 e. The maximum absolute atomic E-state index is 15.6. The average molecular weight is 707 g/mol. The molecule has 1 unspecified atom stereocenters. The topological polar surface area (TPSA) is 131 Å². The number of imide groups is 1. The Hall–Kier alpha value is -3.46. The number of nitrogens with one attached hydrogen (secondary N) is 1. The summed E-state index contributed by atoms with van der Waals surface area (Å²) in [4.78, 5) is 28.2. The summed E-state index contributed by atoms with van der Waals surface area (Å²) in [7, 11) is -2.62. The van der Waals surface area contributed by atoms with Gasteiger partial charge in [-0.05, 0) is 74.2 Å². The van der Waals surface area contributed by atoms with E-state index < -0.39 is 57.7 Å². The average Bonchev–Trinajstić information content (AvgIpc) is 3.03. The van der Waals surface area contributed by atoms with Crippen molar-refractivity contribution in [3.8, 4) is 0 Å². The molecule has 48 heavy (non-hydrogen) atoms. The third kappa shape index (κ3) is 8.95. The van der Waals surface area contributed by atoms with Crippen molar-refractivity contribution in [2.75, 3.05) is 38.0 Å². The lowest BCUT2D eigenvalue weighted by Crippen LogP contribution is -2.60. The van der Waals surface area contributed by atoms with E-state index in [1.165, 1.54) is 40.7 Å². The van der Waals surface area contributed by atoms with E-state index in [2.05, 4.69) is 5.32 Å². The molecule has 3 N–H and O–H groups in total. The number of hydrogen-bond acceptors (Lipinski definition) is 8. The van der Waals surface area contributed by atoms with Crippen molar-refractivity contribution in [3.05, 3.63) is 100 Å². The van der Waals surface area contributed by atoms with Crippen LogP contribution in [0.1, 0.15) is 42.9 Å². The summed E-state index contributed by atoms with van der Waals surface area (Å²) >= 11 is 6.26. The third-order valence-corrected chi connectivity index (χ3v) is 9.78. The number of halogens is 3. The Morgan fingerprint density at radius 3 is 2.31 bits per heavy atom. The lowest BCUT2D eigenvalue weighted by Gasteiger charge is -2.41. The predicted molar refractivity (Wildman–Crippen MR) is 180 cm³/mol. The fraction of sp³-hybridized carbons (Fsp3) is 0.412. The van der Waals surface area contributed by atoms with E-state index in [-0.39, 0.29) is 36.8 Å². The number of carbonyl (C=O) groups is 2. The van der Waals surface area contributed by atoms with E-state index in [1.807, 2.05) is 13.8 Å². The number of benzene rings is 3. The minimum atomic E-state index is -3.70. The fourth-order valence-corrected chi connectivity index (χ4v) is 7.71. The number of nitrogens with zero attached hydrogens (tertiary/aromatic N) is 2. The molecule has 1 aliphatic rings. The van der Waals surface area contributed by atoms with Gasteiger partial charge in [0.2, 0.25) is 10.0 Å². The molecule has 0 spiro atoms. The first-order valence-electron chi connectivity index (χ1n) is 15.5. The van der Waals surface area contributed by atoms with Crippen LogP contribution in [-0.4, -0.2) is 82.0 Å². The van der Waals surface area contributed by atoms with Gasteiger partial charge in [-0.2, -0.15) is 4.31 Å². The van der Waals surface area contributed by atoms with Gasteiger partial charge < -0.3 is 20.5 Å². The predicted octanol–water partition coefficient (Wildman–Crippen LogP) is 4.84. The number of rotatable bonds is 12. The Morgan fingerprint density at radius 1 is 1.04 bits per heavy atom. The monoisotopic (exact) mass is 706 g/mol. The molecule has 3 aromatic carbocycles. The van der Waals surface area contributed by atoms with Crippen LogP contribution in [0.25, 0.3) is 0 Å². The molecule has 2 amide bonds. The summed E-state index contributed by atoms with van der Waals surface area (Å²) in [6.07, 6.45) is -0.00304. The zero-order chi connectivity index (χ0) is 35.2. The second kappa shape index (κ2) is 16.3. The van der Waals surface area contributed by atoms with E-state index in [4.69, 9.17) is 26.8 Å². The van der Waals surface area contributed by atoms with Gasteiger partial charge in [-0.15, -0.1) is 0 Å². The number of hydrogen-bond donors (Lipinski definition) is 2. The molecule has 0 aliphatic carbocycles. The van der Waals surface area contributed by atoms with Crippen LogP contribution in [0.3, 0.4) is 0 Å². The van der Waals surface area contributed by atoms with Crippen molar-refractivity contribution in [2.45, 2.75) is 56.8 Å². The quantitative estimate of drug-likeness (QED) is 0.274. The fourth-order valence-electron chi connectivity index (χ4n) is 6.11. The first-order valence-corrected chi connectivity index (χ1v) is 17.7. The van der Waals surface area contributed by atoms with Gasteiger partial charge in [0.25, 0.3) is 5.91 Å². The molecule has 1 aliphatic heterocycles. The minimum absolute atomic E-state index is 0.0116. The summed E-state index contributed by atoms with van der Waals surface area (Å²) in [5.41, 5.74) is 7.33. The Bertz CT molecular complexity index is 1670. The molecule has 0 aromatic heterocycles. The number of piperazine rings is 1. The van der Waals surface area contributed by atoms with Gasteiger partial charge in [0.15, 0.2) is 0 Å². The van der Waals surface area contributed by atoms with Crippen molar-refractivity contribution in [3.63, 3.8) is 0 Å². The Kier molecular flexibility index (Phi) is 12.7. The molecule has 1 fully saturated rings. The SMILES string of the molecule is COC(=O)N(C(=O)[C@@H](N)[C@H](c1cccc(F)c1)c1cccc(Cl)c1)c1cccc(F)c1CC[C@H]1CNCC(COC(C)C)N1S(C)(=O)=O. The minimum Gasteiger partial charge on any atom is -0.452 e. The van der Waals surface area contributed by atoms with Crippen molar-refractivity contribution < 1.29 is 36.3 Å². The van der Waals surface area contributed by atoms with Crippen molar-refractivity contribution in [2.24, 2.45) is 5.73 Å². The first-order chi connectivity index (χ1) is 22.7. The van der Waals surface area contributed by atoms with Gasteiger partial charge in [-0.3, -0.25) is 4.79 Å². The highest BCUT2D eigenvalue weighted by Crippen LogP contribution is 2.33. The van der Waals surface area contributed by atoms with Crippen LogP contribution < -0.4 is 16.0 Å². The highest BCUT2D eigenvalue weighted by Gasteiger charge is 2.39. The van der Waals surface area contributed by atoms with E-state index in [9.17, 15) is 22.4 Å². The zero-order valence-electron chi connectivity index (χ0n) is 27.2. The highest BCUT2D eigenvalue weighted by atomic mass is 35.5. The number of sulfonamides is 1. The van der Waals surface area contributed by atoms with Crippen LogP contribution in [-0.2, 0) is 30.7 Å². The molecule has 0 saturated carbocycles. The molecule has 4 atom stereocenters. The highest BCUT2D eigenvalue weighted by molar-refractivity contribution is 7.88. The van der Waals surface area contributed by atoms with Crippen LogP contribution in [0.15, 0.2) is 66.7 Å². The van der Waals surface area contributed by atoms with E-state index in [0.717, 1.165) is 13.4 Å². The Balaban J connectivity index is 1.71. The number of carbonyl (C=O) groups excluding carboxylic acids is 2. The number of nitrogens with two attached hydrogens (primary N) is 1. The summed E-state index contributed by atoms with van der Waals surface area (Å²) in [6, 6.07) is 13.5. The summed E-state index contributed by atoms with van der Waals surface area (Å²) in [5, 5.41) is 3.59. The molecule has 10 nitrogen and oxygen atoms in total. The van der Waals surface area contributed by atoms with Gasteiger partial charge in [0.05, 0.1) is 43.8 Å². The van der Waals surface area contributed by atoms with Crippen LogP contribution in [0, 0.1) is 11.6 Å². The number of ether oxygens (including phenoxy) is 2. The second-order valence-electron chi connectivity index (χ2n) is 12.0.